The van der Waals surface area contributed by atoms with Crippen LogP contribution in [0, 0.1) is 5.82 Å². The van der Waals surface area contributed by atoms with Crippen molar-refractivity contribution in [3.05, 3.63) is 47.9 Å². The number of carboxylic acids is 1. The minimum atomic E-state index is -1.32. The van der Waals surface area contributed by atoms with Gasteiger partial charge in [0.2, 0.25) is 0 Å². The zero-order chi connectivity index (χ0) is 13.8. The molecule has 0 unspecified atom stereocenters. The summed E-state index contributed by atoms with van der Waals surface area (Å²) in [4.78, 5) is 15.7. The lowest BCUT2D eigenvalue weighted by atomic mass is 10.2. The highest BCUT2D eigenvalue weighted by Gasteiger charge is 2.14. The third kappa shape index (κ3) is 3.03. The van der Waals surface area contributed by atoms with Crippen LogP contribution in [0.3, 0.4) is 0 Å². The molecule has 4 nitrogen and oxygen atoms in total. The topological polar surface area (TPSA) is 62.2 Å². The predicted molar refractivity (Wildman–Crippen MR) is 72.7 cm³/mol. The van der Waals surface area contributed by atoms with Gasteiger partial charge in [-0.2, -0.15) is 0 Å². The second-order valence-corrected chi connectivity index (χ2v) is 4.56. The quantitative estimate of drug-likeness (QED) is 0.839. The Hall–Kier alpha value is -2.08. The monoisotopic (exact) mass is 278 g/mol. The van der Waals surface area contributed by atoms with E-state index in [2.05, 4.69) is 10.3 Å². The Morgan fingerprint density at radius 3 is 2.58 bits per heavy atom. The second-order valence-electron chi connectivity index (χ2n) is 3.68. The average Bonchev–Trinajstić information content (AvgIpc) is 2.41. The van der Waals surface area contributed by atoms with Crippen LogP contribution >= 0.6 is 11.8 Å². The van der Waals surface area contributed by atoms with E-state index in [1.54, 1.807) is 23.9 Å². The lowest BCUT2D eigenvalue weighted by Crippen LogP contribution is -2.05. The first-order valence-electron chi connectivity index (χ1n) is 5.40. The molecule has 0 spiro atoms. The molecule has 0 amide bonds. The highest BCUT2D eigenvalue weighted by atomic mass is 32.2. The van der Waals surface area contributed by atoms with Gasteiger partial charge in [0.05, 0.1) is 0 Å². The molecule has 1 heterocycles. The summed E-state index contributed by atoms with van der Waals surface area (Å²) < 4.78 is 13.8. The van der Waals surface area contributed by atoms with E-state index in [9.17, 15) is 9.18 Å². The number of hydrogen-bond acceptors (Lipinski definition) is 4. The fourth-order valence-electron chi connectivity index (χ4n) is 1.51. The van der Waals surface area contributed by atoms with E-state index in [4.69, 9.17) is 5.11 Å². The van der Waals surface area contributed by atoms with Gasteiger partial charge in [0.1, 0.15) is 5.56 Å². The van der Waals surface area contributed by atoms with Gasteiger partial charge >= 0.3 is 5.97 Å². The highest BCUT2D eigenvalue weighted by molar-refractivity contribution is 7.98. The molecule has 19 heavy (non-hydrogen) atoms. The maximum atomic E-state index is 13.8. The second kappa shape index (κ2) is 5.71. The van der Waals surface area contributed by atoms with Crippen LogP contribution in [0.4, 0.5) is 15.9 Å². The minimum absolute atomic E-state index is 0.100. The van der Waals surface area contributed by atoms with Crippen LogP contribution < -0.4 is 5.32 Å². The van der Waals surface area contributed by atoms with E-state index in [1.807, 2.05) is 18.4 Å². The van der Waals surface area contributed by atoms with Crippen LogP contribution in [-0.2, 0) is 0 Å². The molecule has 0 bridgehead atoms. The first-order valence-corrected chi connectivity index (χ1v) is 6.63. The Balaban J connectivity index is 2.27. The number of thioether (sulfide) groups is 1. The van der Waals surface area contributed by atoms with Crippen molar-refractivity contribution in [2.24, 2.45) is 0 Å². The van der Waals surface area contributed by atoms with Crippen molar-refractivity contribution in [3.8, 4) is 0 Å². The van der Waals surface area contributed by atoms with Gasteiger partial charge in [-0.1, -0.05) is 0 Å². The summed E-state index contributed by atoms with van der Waals surface area (Å²) in [6, 6.07) is 8.44. The summed E-state index contributed by atoms with van der Waals surface area (Å²) in [5, 5.41) is 11.6. The summed E-state index contributed by atoms with van der Waals surface area (Å²) >= 11 is 1.60. The van der Waals surface area contributed by atoms with Crippen LogP contribution in [0.25, 0.3) is 0 Å². The van der Waals surface area contributed by atoms with Crippen molar-refractivity contribution in [1.29, 1.82) is 0 Å². The first kappa shape index (κ1) is 13.4. The molecule has 98 valence electrons. The van der Waals surface area contributed by atoms with E-state index in [0.717, 1.165) is 11.0 Å². The highest BCUT2D eigenvalue weighted by Crippen LogP contribution is 2.22. The number of aromatic nitrogens is 1. The summed E-state index contributed by atoms with van der Waals surface area (Å²) in [7, 11) is 0. The third-order valence-corrected chi connectivity index (χ3v) is 3.22. The molecule has 6 heteroatoms. The number of aromatic carboxylic acids is 1. The minimum Gasteiger partial charge on any atom is -0.478 e. The summed E-state index contributed by atoms with van der Waals surface area (Å²) in [5.41, 5.74) is 0.241. The normalized spacial score (nSPS) is 10.2. The van der Waals surface area contributed by atoms with E-state index in [-0.39, 0.29) is 5.82 Å². The standard InChI is InChI=1S/C13H11FN2O2S/c1-19-9-4-2-8(3-5-9)16-12-11(14)10(13(17)18)6-7-15-12/h2-7H,1H3,(H,15,16)(H,17,18). The zero-order valence-corrected chi connectivity index (χ0v) is 10.9. The molecule has 2 aromatic rings. The number of nitrogens with zero attached hydrogens (tertiary/aromatic N) is 1. The van der Waals surface area contributed by atoms with Crippen molar-refractivity contribution in [1.82, 2.24) is 4.98 Å². The maximum Gasteiger partial charge on any atom is 0.338 e. The van der Waals surface area contributed by atoms with Gasteiger partial charge in [-0.25, -0.2) is 14.2 Å². The van der Waals surface area contributed by atoms with Crippen molar-refractivity contribution in [2.45, 2.75) is 4.90 Å². The number of anilines is 2. The predicted octanol–water partition coefficient (Wildman–Crippen LogP) is 3.38. The lowest BCUT2D eigenvalue weighted by Gasteiger charge is -2.08. The van der Waals surface area contributed by atoms with Crippen molar-refractivity contribution in [2.75, 3.05) is 11.6 Å². The van der Waals surface area contributed by atoms with Gasteiger partial charge < -0.3 is 10.4 Å². The molecular weight excluding hydrogens is 267 g/mol. The molecule has 0 saturated carbocycles. The van der Waals surface area contributed by atoms with Gasteiger partial charge in [-0.3, -0.25) is 0 Å². The van der Waals surface area contributed by atoms with E-state index in [1.165, 1.54) is 6.20 Å². The van der Waals surface area contributed by atoms with Crippen LogP contribution in [0.2, 0.25) is 0 Å². The molecule has 0 aliphatic carbocycles. The van der Waals surface area contributed by atoms with Crippen molar-refractivity contribution in [3.63, 3.8) is 0 Å². The number of carbonyl (C=O) groups is 1. The van der Waals surface area contributed by atoms with E-state index in [0.29, 0.717) is 5.69 Å². The molecule has 0 aliphatic rings. The molecule has 0 atom stereocenters. The molecule has 0 aliphatic heterocycles. The number of rotatable bonds is 4. The average molecular weight is 278 g/mol. The molecule has 0 saturated heterocycles. The van der Waals surface area contributed by atoms with Gasteiger partial charge in [-0.05, 0) is 36.6 Å². The van der Waals surface area contributed by atoms with Crippen LogP contribution in [0.1, 0.15) is 10.4 Å². The number of nitrogens with one attached hydrogen (secondary N) is 1. The fraction of sp³-hybridized carbons (Fsp3) is 0.0769. The van der Waals surface area contributed by atoms with E-state index < -0.39 is 17.3 Å². The van der Waals surface area contributed by atoms with E-state index >= 15 is 0 Å². The fourth-order valence-corrected chi connectivity index (χ4v) is 1.92. The number of pyridine rings is 1. The number of halogens is 1. The lowest BCUT2D eigenvalue weighted by molar-refractivity contribution is 0.0692. The molecule has 1 aromatic heterocycles. The number of benzene rings is 1. The smallest absolute Gasteiger partial charge is 0.338 e. The number of hydrogen-bond donors (Lipinski definition) is 2. The van der Waals surface area contributed by atoms with Crippen molar-refractivity contribution >= 4 is 29.2 Å². The molecule has 2 rings (SSSR count). The van der Waals surface area contributed by atoms with Crippen molar-refractivity contribution < 1.29 is 14.3 Å². The van der Waals surface area contributed by atoms with Crippen LogP contribution in [0.5, 0.6) is 0 Å². The molecule has 1 aromatic carbocycles. The molecule has 0 fully saturated rings. The molecule has 0 radical (unpaired) electrons. The zero-order valence-electron chi connectivity index (χ0n) is 10.1. The van der Waals surface area contributed by atoms with Crippen LogP contribution in [-0.4, -0.2) is 22.3 Å². The summed E-state index contributed by atoms with van der Waals surface area (Å²) in [6.07, 6.45) is 3.21. The van der Waals surface area contributed by atoms with Gasteiger partial charge in [-0.15, -0.1) is 11.8 Å². The Kier molecular flexibility index (Phi) is 4.01. The SMILES string of the molecule is CSc1ccc(Nc2nccc(C(=O)O)c2F)cc1. The largest absolute Gasteiger partial charge is 0.478 e. The number of carboxylic acid groups (broad SMARTS) is 1. The van der Waals surface area contributed by atoms with Gasteiger partial charge in [0, 0.05) is 16.8 Å². The third-order valence-electron chi connectivity index (χ3n) is 2.47. The summed E-state index contributed by atoms with van der Waals surface area (Å²) in [6.45, 7) is 0. The first-order chi connectivity index (χ1) is 9.11. The van der Waals surface area contributed by atoms with Gasteiger partial charge in [0.25, 0.3) is 0 Å². The molecule has 2 N–H and O–H groups in total. The maximum absolute atomic E-state index is 13.8. The summed E-state index contributed by atoms with van der Waals surface area (Å²) in [5.74, 6) is -2.29. The Morgan fingerprint density at radius 1 is 1.32 bits per heavy atom. The van der Waals surface area contributed by atoms with Crippen LogP contribution in [0.15, 0.2) is 41.4 Å². The Labute approximate surface area is 113 Å². The Bertz CT molecular complexity index is 602. The molecular formula is C13H11FN2O2S. The Morgan fingerprint density at radius 2 is 2.00 bits per heavy atom. The van der Waals surface area contributed by atoms with Gasteiger partial charge in [0.15, 0.2) is 11.6 Å².